The van der Waals surface area contributed by atoms with Crippen molar-refractivity contribution in [3.63, 3.8) is 0 Å². The van der Waals surface area contributed by atoms with E-state index in [2.05, 4.69) is 5.32 Å². The maximum absolute atomic E-state index is 11.5. The zero-order valence-corrected chi connectivity index (χ0v) is 9.71. The Balaban J connectivity index is 2.64. The van der Waals surface area contributed by atoms with Gasteiger partial charge >= 0.3 is 5.97 Å². The second kappa shape index (κ2) is 6.25. The molecule has 0 aromatic heterocycles. The van der Waals surface area contributed by atoms with Crippen LogP contribution in [0.5, 0.6) is 5.75 Å². The standard InChI is InChI=1S/C12H12N2O4/c1-8(12(17)14-7-11(15)16)18-10-5-3-2-4-9(10)6-13/h2-5,8H,7H2,1H3,(H,14,17)(H,15,16). The topological polar surface area (TPSA) is 99.4 Å². The quantitative estimate of drug-likeness (QED) is 0.791. The highest BCUT2D eigenvalue weighted by atomic mass is 16.5. The minimum Gasteiger partial charge on any atom is -0.480 e. The van der Waals surface area contributed by atoms with Gasteiger partial charge in [0.2, 0.25) is 0 Å². The minimum absolute atomic E-state index is 0.290. The summed E-state index contributed by atoms with van der Waals surface area (Å²) < 4.78 is 5.30. The highest BCUT2D eigenvalue weighted by Crippen LogP contribution is 2.17. The number of benzene rings is 1. The summed E-state index contributed by atoms with van der Waals surface area (Å²) >= 11 is 0. The highest BCUT2D eigenvalue weighted by Gasteiger charge is 2.16. The molecule has 0 saturated carbocycles. The van der Waals surface area contributed by atoms with Crippen molar-refractivity contribution in [1.82, 2.24) is 5.32 Å². The molecule has 1 aromatic carbocycles. The molecule has 0 aliphatic carbocycles. The molecule has 0 saturated heterocycles. The van der Waals surface area contributed by atoms with Gasteiger partial charge in [-0.15, -0.1) is 0 Å². The van der Waals surface area contributed by atoms with Crippen LogP contribution in [0.15, 0.2) is 24.3 Å². The Morgan fingerprint density at radius 3 is 2.78 bits per heavy atom. The second-order valence-corrected chi connectivity index (χ2v) is 3.48. The van der Waals surface area contributed by atoms with Crippen molar-refractivity contribution in [3.05, 3.63) is 29.8 Å². The van der Waals surface area contributed by atoms with Gasteiger partial charge in [-0.25, -0.2) is 0 Å². The van der Waals surface area contributed by atoms with E-state index in [-0.39, 0.29) is 5.75 Å². The average Bonchev–Trinajstić information content (AvgIpc) is 2.36. The van der Waals surface area contributed by atoms with Gasteiger partial charge in [-0.1, -0.05) is 12.1 Å². The number of nitrogens with one attached hydrogen (secondary N) is 1. The lowest BCUT2D eigenvalue weighted by Crippen LogP contribution is -2.39. The fraction of sp³-hybridized carbons (Fsp3) is 0.250. The van der Waals surface area contributed by atoms with E-state index < -0.39 is 24.5 Å². The molecule has 18 heavy (non-hydrogen) atoms. The first-order valence-corrected chi connectivity index (χ1v) is 5.20. The molecule has 1 rings (SSSR count). The van der Waals surface area contributed by atoms with E-state index in [9.17, 15) is 9.59 Å². The molecule has 1 atom stereocenters. The van der Waals surface area contributed by atoms with E-state index in [1.165, 1.54) is 6.92 Å². The van der Waals surface area contributed by atoms with Gasteiger partial charge in [0.15, 0.2) is 6.10 Å². The molecule has 0 bridgehead atoms. The summed E-state index contributed by atoms with van der Waals surface area (Å²) in [4.78, 5) is 21.8. The number of ether oxygens (including phenoxy) is 1. The van der Waals surface area contributed by atoms with Crippen molar-refractivity contribution in [2.24, 2.45) is 0 Å². The molecule has 1 amide bonds. The van der Waals surface area contributed by atoms with Crippen molar-refractivity contribution >= 4 is 11.9 Å². The lowest BCUT2D eigenvalue weighted by atomic mass is 10.2. The van der Waals surface area contributed by atoms with Crippen LogP contribution in [0.1, 0.15) is 12.5 Å². The van der Waals surface area contributed by atoms with Gasteiger partial charge in [0, 0.05) is 0 Å². The molecule has 0 radical (unpaired) electrons. The number of carboxylic acids is 1. The smallest absolute Gasteiger partial charge is 0.322 e. The normalized spacial score (nSPS) is 11.1. The van der Waals surface area contributed by atoms with Crippen LogP contribution in [0, 0.1) is 11.3 Å². The lowest BCUT2D eigenvalue weighted by Gasteiger charge is -2.14. The van der Waals surface area contributed by atoms with Crippen LogP contribution >= 0.6 is 0 Å². The fourth-order valence-corrected chi connectivity index (χ4v) is 1.21. The predicted octanol–water partition coefficient (Wildman–Crippen LogP) is 0.526. The Bertz CT molecular complexity index is 493. The molecule has 0 heterocycles. The number of para-hydroxylation sites is 1. The van der Waals surface area contributed by atoms with Crippen molar-refractivity contribution in [1.29, 1.82) is 5.26 Å². The third kappa shape index (κ3) is 3.79. The summed E-state index contributed by atoms with van der Waals surface area (Å²) in [7, 11) is 0. The molecule has 0 aliphatic heterocycles. The summed E-state index contributed by atoms with van der Waals surface area (Å²) in [6.45, 7) is 1.01. The first-order chi connectivity index (χ1) is 8.54. The second-order valence-electron chi connectivity index (χ2n) is 3.48. The first-order valence-electron chi connectivity index (χ1n) is 5.20. The van der Waals surface area contributed by atoms with Crippen molar-refractivity contribution in [2.45, 2.75) is 13.0 Å². The van der Waals surface area contributed by atoms with Crippen LogP contribution in [0.2, 0.25) is 0 Å². The molecule has 2 N–H and O–H groups in total. The van der Waals surface area contributed by atoms with Gasteiger partial charge in [0.1, 0.15) is 18.4 Å². The number of carbonyl (C=O) groups is 2. The highest BCUT2D eigenvalue weighted by molar-refractivity contribution is 5.84. The summed E-state index contributed by atoms with van der Waals surface area (Å²) in [5.74, 6) is -1.39. The van der Waals surface area contributed by atoms with Crippen LogP contribution in [0.25, 0.3) is 0 Å². The average molecular weight is 248 g/mol. The van der Waals surface area contributed by atoms with Crippen LogP contribution in [0.4, 0.5) is 0 Å². The van der Waals surface area contributed by atoms with Crippen LogP contribution < -0.4 is 10.1 Å². The monoisotopic (exact) mass is 248 g/mol. The van der Waals surface area contributed by atoms with E-state index in [0.29, 0.717) is 5.56 Å². The summed E-state index contributed by atoms with van der Waals surface area (Å²) in [5.41, 5.74) is 0.315. The SMILES string of the molecule is CC(Oc1ccccc1C#N)C(=O)NCC(=O)O. The molecular formula is C12H12N2O4. The summed E-state index contributed by atoms with van der Waals surface area (Å²) in [6.07, 6.45) is -0.876. The lowest BCUT2D eigenvalue weighted by molar-refractivity contribution is -0.139. The van der Waals surface area contributed by atoms with Crippen LogP contribution in [-0.4, -0.2) is 29.6 Å². The third-order valence-electron chi connectivity index (χ3n) is 2.09. The number of hydrogen-bond acceptors (Lipinski definition) is 4. The number of nitrogens with zero attached hydrogens (tertiary/aromatic N) is 1. The zero-order valence-electron chi connectivity index (χ0n) is 9.71. The van der Waals surface area contributed by atoms with Gasteiger partial charge in [-0.2, -0.15) is 5.26 Å². The molecule has 6 nitrogen and oxygen atoms in total. The maximum Gasteiger partial charge on any atom is 0.322 e. The van der Waals surface area contributed by atoms with E-state index in [1.54, 1.807) is 24.3 Å². The third-order valence-corrected chi connectivity index (χ3v) is 2.09. The minimum atomic E-state index is -1.13. The number of carboxylic acid groups (broad SMARTS) is 1. The van der Waals surface area contributed by atoms with Gasteiger partial charge < -0.3 is 15.2 Å². The Morgan fingerprint density at radius 1 is 1.50 bits per heavy atom. The Kier molecular flexibility index (Phi) is 4.69. The molecule has 0 fully saturated rings. The number of aliphatic carboxylic acids is 1. The number of carbonyl (C=O) groups excluding carboxylic acids is 1. The van der Waals surface area contributed by atoms with Crippen molar-refractivity contribution < 1.29 is 19.4 Å². The Hall–Kier alpha value is -2.55. The van der Waals surface area contributed by atoms with Gasteiger partial charge in [-0.3, -0.25) is 9.59 Å². The number of amides is 1. The van der Waals surface area contributed by atoms with E-state index in [4.69, 9.17) is 15.1 Å². The zero-order chi connectivity index (χ0) is 13.5. The molecule has 0 spiro atoms. The number of hydrogen-bond donors (Lipinski definition) is 2. The molecule has 1 unspecified atom stereocenters. The molecule has 1 aromatic rings. The molecule has 6 heteroatoms. The number of nitriles is 1. The first kappa shape index (κ1) is 13.5. The molecule has 0 aliphatic rings. The largest absolute Gasteiger partial charge is 0.480 e. The molecule has 94 valence electrons. The fourth-order valence-electron chi connectivity index (χ4n) is 1.21. The van der Waals surface area contributed by atoms with Crippen molar-refractivity contribution in [2.75, 3.05) is 6.54 Å². The van der Waals surface area contributed by atoms with Gasteiger partial charge in [0.25, 0.3) is 5.91 Å². The summed E-state index contributed by atoms with van der Waals surface area (Å²) in [6, 6.07) is 8.43. The van der Waals surface area contributed by atoms with Crippen LogP contribution in [-0.2, 0) is 9.59 Å². The Labute approximate surface area is 104 Å². The summed E-state index contributed by atoms with van der Waals surface area (Å²) in [5, 5.41) is 19.4. The Morgan fingerprint density at radius 2 is 2.17 bits per heavy atom. The van der Waals surface area contributed by atoms with Gasteiger partial charge in [-0.05, 0) is 19.1 Å². The maximum atomic E-state index is 11.5. The van der Waals surface area contributed by atoms with Crippen LogP contribution in [0.3, 0.4) is 0 Å². The molecular weight excluding hydrogens is 236 g/mol. The van der Waals surface area contributed by atoms with E-state index >= 15 is 0 Å². The number of rotatable bonds is 5. The predicted molar refractivity (Wildman–Crippen MR) is 61.9 cm³/mol. The van der Waals surface area contributed by atoms with Gasteiger partial charge in [0.05, 0.1) is 5.56 Å². The van der Waals surface area contributed by atoms with E-state index in [0.717, 1.165) is 0 Å². The van der Waals surface area contributed by atoms with Crippen molar-refractivity contribution in [3.8, 4) is 11.8 Å². The van der Waals surface area contributed by atoms with E-state index in [1.807, 2.05) is 6.07 Å².